The van der Waals surface area contributed by atoms with Gasteiger partial charge in [-0.1, -0.05) is 109 Å². The monoisotopic (exact) mass is 1890 g/mol. The number of nitrogens with one attached hydrogen (secondary N) is 7. The molecule has 51 heteroatoms. The molecular weight excluding hydrogens is 1810 g/mol. The number of aromatic nitrogens is 20. The number of ketones is 1. The molecule has 3 amide bonds. The minimum atomic E-state index is -0.978. The molecule has 2 aliphatic carbocycles. The second-order valence-electron chi connectivity index (χ2n) is 23.8. The van der Waals surface area contributed by atoms with Gasteiger partial charge in [-0.3, -0.25) is 44.8 Å². The van der Waals surface area contributed by atoms with Crippen LogP contribution in [0.3, 0.4) is 0 Å². The number of hydrogen-bond acceptors (Lipinski definition) is 35. The number of carboxylic acid groups (broad SMARTS) is 1. The van der Waals surface area contributed by atoms with E-state index in [2.05, 4.69) is 188 Å². The van der Waals surface area contributed by atoms with Gasteiger partial charge in [0.1, 0.15) is 74.0 Å². The molecule has 1 spiro atoms. The van der Waals surface area contributed by atoms with Crippen molar-refractivity contribution in [3.63, 3.8) is 0 Å². The van der Waals surface area contributed by atoms with Crippen molar-refractivity contribution in [3.05, 3.63) is 113 Å². The number of esters is 1. The number of nitrogen functional groups attached to an aromatic ring is 2. The quantitative estimate of drug-likeness (QED) is 0.00438. The van der Waals surface area contributed by atoms with Crippen LogP contribution >= 0.6 is 145 Å². The van der Waals surface area contributed by atoms with Crippen LogP contribution in [0.25, 0.3) is 55.3 Å². The number of nitrogens with zero attached hydrogens (tertiary/aromatic N) is 19. The molecule has 5 atom stereocenters. The van der Waals surface area contributed by atoms with Crippen LogP contribution in [-0.2, 0) is 15.2 Å². The SMILES string of the molecule is COC(=O)c1cc2cnc(SC)nc2n1P.CSc1ncc(Br)c(NP)n1.CSc1ncc(C=O)c(NP)n1.CSc1ncc2cc(C(=O)NN)[nH]c2n1.CSc1ncc2cc(C(=O)NN)n(P)c2n1.CSc1ncc2cc(C(=O)O)n(P)c2n1.CSc1ncc2nc3n(c2n1)C1(CCCCC1)NNC3=O.O=C1CCCCC1.[CH2-]CCC.[Li+]. The van der Waals surface area contributed by atoms with Gasteiger partial charge in [0.05, 0.1) is 23.3 Å². The summed E-state index contributed by atoms with van der Waals surface area (Å²) in [5, 5.41) is 22.4. The Bertz CT molecular complexity index is 5340. The smallest absolute Gasteiger partial charge is 0.477 e. The fourth-order valence-corrected chi connectivity index (χ4v) is 15.1. The number of hydrazine groups is 3. The van der Waals surface area contributed by atoms with Gasteiger partial charge < -0.3 is 44.9 Å². The third kappa shape index (κ3) is 27.0. The Hall–Kier alpha value is -6.96. The second kappa shape index (κ2) is 50.4. The van der Waals surface area contributed by atoms with E-state index in [1.54, 1.807) is 70.1 Å². The molecule has 12 aromatic heterocycles. The molecule has 3 aliphatic rings. The van der Waals surface area contributed by atoms with Crippen LogP contribution in [0.2, 0.25) is 0 Å². The number of imidazole rings is 1. The van der Waals surface area contributed by atoms with Crippen molar-refractivity contribution in [1.29, 1.82) is 0 Å². The Labute approximate surface area is 740 Å². The number of amides is 3. The predicted octanol–water partition coefficient (Wildman–Crippen LogP) is 8.68. The average molecular weight is 1890 g/mol. The summed E-state index contributed by atoms with van der Waals surface area (Å²) in [5.41, 5.74) is 15.7. The van der Waals surface area contributed by atoms with Crippen LogP contribution in [0.4, 0.5) is 11.6 Å². The van der Waals surface area contributed by atoms with E-state index in [0.717, 1.165) is 107 Å². The number of unbranched alkanes of at least 4 members (excludes halogenated alkanes) is 1. The molecule has 5 unspecified atom stereocenters. The zero-order chi connectivity index (χ0) is 85.5. The second-order valence-corrected chi connectivity index (χ2v) is 32.2. The number of carboxylic acids is 1. The molecule has 0 aromatic carbocycles. The van der Waals surface area contributed by atoms with Crippen molar-refractivity contribution in [1.82, 2.24) is 119 Å². The molecule has 118 heavy (non-hydrogen) atoms. The number of hydrogen-bond donors (Lipinski definition) is 10. The molecular formula is C67H87BrLiN28O9P5S7. The number of aromatic amines is 1. The largest absolute Gasteiger partial charge is 1.00 e. The number of anilines is 2. The Balaban J connectivity index is 0.000000210. The van der Waals surface area contributed by atoms with Crippen molar-refractivity contribution in [2.45, 2.75) is 126 Å². The summed E-state index contributed by atoms with van der Waals surface area (Å²) in [6.45, 7) is 5.72. The summed E-state index contributed by atoms with van der Waals surface area (Å²) in [7, 11) is 13.2. The van der Waals surface area contributed by atoms with Gasteiger partial charge in [0.15, 0.2) is 48.0 Å². The van der Waals surface area contributed by atoms with E-state index in [-0.39, 0.29) is 47.9 Å². The molecule has 0 bridgehead atoms. The molecule has 2 fully saturated rings. The predicted molar refractivity (Wildman–Crippen MR) is 485 cm³/mol. The minimum Gasteiger partial charge on any atom is -0.477 e. The summed E-state index contributed by atoms with van der Waals surface area (Å²) in [4.78, 5) is 144. The van der Waals surface area contributed by atoms with E-state index in [1.807, 2.05) is 53.8 Å². The fraction of sp³-hybridized carbons (Fsp3) is 0.328. The number of halogens is 1. The van der Waals surface area contributed by atoms with Gasteiger partial charge in [-0.25, -0.2) is 101 Å². The third-order valence-electron chi connectivity index (χ3n) is 16.4. The Morgan fingerprint density at radius 3 is 1.47 bits per heavy atom. The van der Waals surface area contributed by atoms with E-state index < -0.39 is 11.9 Å². The number of carbonyl (C=O) groups excluding carboxylic acids is 6. The third-order valence-corrected chi connectivity index (χ3v) is 23.0. The van der Waals surface area contributed by atoms with Gasteiger partial charge in [0.2, 0.25) is 5.82 Å². The van der Waals surface area contributed by atoms with Gasteiger partial charge in [-0.15, -0.1) is 0 Å². The molecule has 2 saturated carbocycles. The van der Waals surface area contributed by atoms with Crippen LogP contribution in [0.5, 0.6) is 0 Å². The van der Waals surface area contributed by atoms with Gasteiger partial charge in [-0.05, 0) is 169 Å². The standard InChI is InChI=1S/C13H16N6OS.C9H10N3O2PS.C8H10N5OPS.C8H9N5OS.C8H8N3O2PS.C6H8N3OPS.C6H10O.C5H7BrN3PS.C4H9.Li/c1-21-12-14-7-8-9(16-12)19-10(15-8)11(20)17-18-13(19)5-3-2-4-6-13;1-14-8(13)6-3-5-4-10-9(16-2)11-7(5)12(6)15;1-16-8-10-3-4-2-5(7(14)12-9)13(15)6(4)11-8;1-15-8-10-3-4-2-5(7(14)13-9)11-6(4)12-8;1-15-8-9-3-4-2-5(7(12)13)11(14)6(4)10-8;1-12-6-7-2-4(3-10)5(8-6)9-11;7-6-4-2-1-3-5-6;1-11-5-7-2-3(6)4(8-5)9-10;1-3-4-2;/h7,18H,2-6H2,1H3,(H,17,20);3-4H,15H2,1-2H3;2-3H,9,15H2,1H3,(H,12,14);2-3H,9H2,1H3,(H,13,14)(H,10,11,12);2-3H,14H2,1H3,(H,12,13);2-3H,11H2,1H3,(H,7,8,9);1-5H2;2H,10H2,1H3,(H,7,8,9);1,3-4H2,2H3;/q;;;;;;;;-1;+1. The number of aldehydes is 1. The van der Waals surface area contributed by atoms with E-state index in [4.69, 9.17) is 16.8 Å². The number of nitrogens with two attached hydrogens (primary N) is 2. The zero-order valence-electron chi connectivity index (χ0n) is 65.6. The Morgan fingerprint density at radius 1 is 0.585 bits per heavy atom. The molecule has 12 aromatic rings. The first kappa shape index (κ1) is 99.9. The first-order valence-corrected chi connectivity index (χ1v) is 46.7. The molecule has 1 aliphatic heterocycles. The maximum atomic E-state index is 12.1. The maximum absolute atomic E-state index is 12.1. The Kier molecular flexibility index (Phi) is 42.7. The number of methoxy groups -OCH3 is 1. The van der Waals surface area contributed by atoms with E-state index >= 15 is 0 Å². The summed E-state index contributed by atoms with van der Waals surface area (Å²) < 4.78 is 12.2. The maximum Gasteiger partial charge on any atom is 1.00 e. The molecule has 15 rings (SSSR count). The van der Waals surface area contributed by atoms with Crippen LogP contribution < -0.4 is 62.4 Å². The Morgan fingerprint density at radius 2 is 1.01 bits per heavy atom. The van der Waals surface area contributed by atoms with Crippen LogP contribution in [-0.4, -0.2) is 195 Å². The van der Waals surface area contributed by atoms with Crippen molar-refractivity contribution in [2.24, 2.45) is 11.7 Å². The summed E-state index contributed by atoms with van der Waals surface area (Å²) in [6, 6.07) is 6.60. The first-order chi connectivity index (χ1) is 56.3. The first-order valence-electron chi connectivity index (χ1n) is 34.7. The normalized spacial score (nSPS) is 12.7. The average Bonchev–Trinajstić information content (AvgIpc) is 1.56. The number of aromatic carboxylic acids is 1. The van der Waals surface area contributed by atoms with Crippen molar-refractivity contribution >= 4 is 254 Å². The molecule has 624 valence electrons. The molecule has 0 saturated heterocycles. The summed E-state index contributed by atoms with van der Waals surface area (Å²) >= 11 is 13.5. The van der Waals surface area contributed by atoms with Gasteiger partial charge in [0, 0.05) is 71.6 Å². The number of fused-ring (bicyclic) bond motifs is 8. The minimum absolute atomic E-state index is 0. The van der Waals surface area contributed by atoms with Crippen LogP contribution in [0, 0.1) is 6.92 Å². The number of H-pyrrole nitrogens is 1. The number of carbonyl (C=O) groups is 7. The van der Waals surface area contributed by atoms with Crippen molar-refractivity contribution in [2.75, 3.05) is 61.1 Å². The van der Waals surface area contributed by atoms with Gasteiger partial charge >= 0.3 is 36.7 Å². The van der Waals surface area contributed by atoms with E-state index in [0.29, 0.717) is 99.1 Å². The molecule has 12 N–H and O–H groups in total. The van der Waals surface area contributed by atoms with Crippen LogP contribution in [0.15, 0.2) is 108 Å². The van der Waals surface area contributed by atoms with Crippen LogP contribution in [0.1, 0.15) is 147 Å². The number of thioether (sulfide) groups is 7. The van der Waals surface area contributed by atoms with Crippen molar-refractivity contribution in [3.8, 4) is 0 Å². The topological polar surface area (TPSA) is 502 Å². The number of rotatable bonds is 15. The summed E-state index contributed by atoms with van der Waals surface area (Å²) in [6.07, 6.45) is 38.5. The number of ether oxygens (including phenoxy) is 1. The van der Waals surface area contributed by atoms with E-state index in [1.165, 1.54) is 119 Å². The zero-order valence-corrected chi connectivity index (χ0v) is 78.7. The van der Waals surface area contributed by atoms with Crippen molar-refractivity contribution < 1.29 is 62.3 Å². The fourth-order valence-electron chi connectivity index (χ4n) is 10.6. The summed E-state index contributed by atoms with van der Waals surface area (Å²) in [5.74, 6) is 10.0. The molecule has 37 nitrogen and oxygen atoms in total. The number of Topliss-reactive ketones (excluding diaryl/α,β-unsaturated/α-hetero) is 1. The van der Waals surface area contributed by atoms with Gasteiger partial charge in [0.25, 0.3) is 11.8 Å². The van der Waals surface area contributed by atoms with Gasteiger partial charge in [-0.2, -0.15) is 6.42 Å². The molecule has 13 heterocycles. The molecule has 0 radical (unpaired) electrons. The van der Waals surface area contributed by atoms with E-state index in [9.17, 15) is 33.6 Å².